The highest BCUT2D eigenvalue weighted by Crippen LogP contribution is 2.32. The Bertz CT molecular complexity index is 922. The van der Waals surface area contributed by atoms with E-state index in [1.54, 1.807) is 30.6 Å². The van der Waals surface area contributed by atoms with E-state index in [1.807, 2.05) is 13.0 Å². The van der Waals surface area contributed by atoms with Crippen molar-refractivity contribution in [2.24, 2.45) is 0 Å². The highest BCUT2D eigenvalue weighted by molar-refractivity contribution is 5.94. The Kier molecular flexibility index (Phi) is 3.45. The van der Waals surface area contributed by atoms with Gasteiger partial charge in [0.25, 0.3) is 0 Å². The summed E-state index contributed by atoms with van der Waals surface area (Å²) in [4.78, 5) is 20.6. The number of halogens is 1. The number of aromatic nitrogens is 2. The van der Waals surface area contributed by atoms with E-state index in [-0.39, 0.29) is 11.9 Å². The predicted molar refractivity (Wildman–Crippen MR) is 89.4 cm³/mol. The summed E-state index contributed by atoms with van der Waals surface area (Å²) in [6, 6.07) is 8.48. The highest BCUT2D eigenvalue weighted by atomic mass is 19.1. The second-order valence-corrected chi connectivity index (χ2v) is 5.79. The van der Waals surface area contributed by atoms with Crippen LogP contribution in [0, 0.1) is 5.82 Å². The molecule has 3 aromatic rings. The van der Waals surface area contributed by atoms with Crippen LogP contribution in [0.25, 0.3) is 22.2 Å². The van der Waals surface area contributed by atoms with Gasteiger partial charge in [0.05, 0.1) is 12.2 Å². The van der Waals surface area contributed by atoms with E-state index in [2.05, 4.69) is 9.97 Å². The van der Waals surface area contributed by atoms with Gasteiger partial charge in [0.1, 0.15) is 17.6 Å². The van der Waals surface area contributed by atoms with Gasteiger partial charge in [-0.2, -0.15) is 0 Å². The van der Waals surface area contributed by atoms with Gasteiger partial charge in [0, 0.05) is 23.3 Å². The fourth-order valence-corrected chi connectivity index (χ4v) is 3.03. The molecule has 1 aromatic carbocycles. The van der Waals surface area contributed by atoms with Crippen LogP contribution in [0.4, 0.5) is 14.9 Å². The number of cyclic esters (lactones) is 1. The van der Waals surface area contributed by atoms with Crippen LogP contribution in [0.5, 0.6) is 0 Å². The number of amides is 1. The SMILES string of the molecule is CC[C@H]1CN(c2ccc(-c3ccnc4[nH]ccc34)c(F)c2)C(=O)O1. The van der Waals surface area contributed by atoms with Crippen molar-refractivity contribution < 1.29 is 13.9 Å². The summed E-state index contributed by atoms with van der Waals surface area (Å²) >= 11 is 0. The topological polar surface area (TPSA) is 58.2 Å². The standard InChI is InChI=1S/C18H16FN3O2/c1-2-12-10-22(18(23)24-12)11-3-4-14(16(19)9-11)13-5-7-20-17-15(13)6-8-21-17/h3-9,12H,2,10H2,1H3,(H,20,21)/t12-/m0/s1. The number of aromatic amines is 1. The van der Waals surface area contributed by atoms with Crippen molar-refractivity contribution >= 4 is 22.8 Å². The number of benzene rings is 1. The number of nitrogens with zero attached hydrogens (tertiary/aromatic N) is 2. The first-order valence-electron chi connectivity index (χ1n) is 7.87. The fraction of sp³-hybridized carbons (Fsp3) is 0.222. The molecular formula is C18H16FN3O2. The smallest absolute Gasteiger partial charge is 0.414 e. The number of carbonyl (C=O) groups is 1. The largest absolute Gasteiger partial charge is 0.444 e. The molecular weight excluding hydrogens is 309 g/mol. The molecule has 1 N–H and O–H groups in total. The minimum absolute atomic E-state index is 0.139. The Labute approximate surface area is 138 Å². The van der Waals surface area contributed by atoms with Crippen molar-refractivity contribution in [1.82, 2.24) is 9.97 Å². The number of H-pyrrole nitrogens is 1. The van der Waals surface area contributed by atoms with Crippen molar-refractivity contribution in [3.8, 4) is 11.1 Å². The summed E-state index contributed by atoms with van der Waals surface area (Å²) in [5, 5.41) is 0.857. The summed E-state index contributed by atoms with van der Waals surface area (Å²) < 4.78 is 20.0. The first kappa shape index (κ1) is 14.7. The van der Waals surface area contributed by atoms with Crippen molar-refractivity contribution in [2.75, 3.05) is 11.4 Å². The Morgan fingerprint density at radius 3 is 2.96 bits per heavy atom. The Balaban J connectivity index is 1.73. The molecule has 122 valence electrons. The predicted octanol–water partition coefficient (Wildman–Crippen LogP) is 4.10. The molecule has 0 bridgehead atoms. The number of pyridine rings is 1. The second kappa shape index (κ2) is 5.63. The molecule has 0 saturated carbocycles. The maximum absolute atomic E-state index is 14.7. The van der Waals surface area contributed by atoms with E-state index < -0.39 is 6.09 Å². The lowest BCUT2D eigenvalue weighted by Gasteiger charge is -2.14. The summed E-state index contributed by atoms with van der Waals surface area (Å²) in [7, 11) is 0. The number of hydrogen-bond acceptors (Lipinski definition) is 3. The molecule has 1 fully saturated rings. The molecule has 1 aliphatic heterocycles. The van der Waals surface area contributed by atoms with E-state index in [0.717, 1.165) is 17.4 Å². The fourth-order valence-electron chi connectivity index (χ4n) is 3.03. The van der Waals surface area contributed by atoms with Crippen molar-refractivity contribution in [3.63, 3.8) is 0 Å². The molecule has 0 aliphatic carbocycles. The molecule has 0 spiro atoms. The maximum Gasteiger partial charge on any atom is 0.414 e. The van der Waals surface area contributed by atoms with Crippen molar-refractivity contribution in [3.05, 3.63) is 48.5 Å². The molecule has 3 heterocycles. The lowest BCUT2D eigenvalue weighted by molar-refractivity contribution is 0.139. The zero-order valence-electron chi connectivity index (χ0n) is 13.1. The summed E-state index contributed by atoms with van der Waals surface area (Å²) in [6.07, 6.45) is 3.60. The zero-order valence-corrected chi connectivity index (χ0v) is 13.1. The van der Waals surface area contributed by atoms with Crippen LogP contribution in [0.3, 0.4) is 0 Å². The van der Waals surface area contributed by atoms with Gasteiger partial charge in [0.2, 0.25) is 0 Å². The third-order valence-corrected chi connectivity index (χ3v) is 4.34. The first-order chi connectivity index (χ1) is 11.7. The number of hydrogen-bond donors (Lipinski definition) is 1. The van der Waals surface area contributed by atoms with Crippen molar-refractivity contribution in [1.29, 1.82) is 0 Å². The number of ether oxygens (including phenoxy) is 1. The molecule has 5 nitrogen and oxygen atoms in total. The quantitative estimate of drug-likeness (QED) is 0.788. The normalized spacial score (nSPS) is 17.5. The molecule has 2 aromatic heterocycles. The van der Waals surface area contributed by atoms with E-state index in [0.29, 0.717) is 23.4 Å². The third-order valence-electron chi connectivity index (χ3n) is 4.34. The van der Waals surface area contributed by atoms with Crippen LogP contribution in [0.1, 0.15) is 13.3 Å². The zero-order chi connectivity index (χ0) is 16.7. The van der Waals surface area contributed by atoms with Crippen LogP contribution in [0.15, 0.2) is 42.7 Å². The molecule has 6 heteroatoms. The molecule has 1 aliphatic rings. The second-order valence-electron chi connectivity index (χ2n) is 5.79. The minimum Gasteiger partial charge on any atom is -0.444 e. The third kappa shape index (κ3) is 2.31. The lowest BCUT2D eigenvalue weighted by Crippen LogP contribution is -2.24. The summed E-state index contributed by atoms with van der Waals surface area (Å²) in [5.41, 5.74) is 2.47. The van der Waals surface area contributed by atoms with Crippen LogP contribution in [0.2, 0.25) is 0 Å². The van der Waals surface area contributed by atoms with E-state index >= 15 is 0 Å². The van der Waals surface area contributed by atoms with E-state index in [4.69, 9.17) is 4.74 Å². The molecule has 24 heavy (non-hydrogen) atoms. The monoisotopic (exact) mass is 325 g/mol. The van der Waals surface area contributed by atoms with Gasteiger partial charge in [-0.15, -0.1) is 0 Å². The van der Waals surface area contributed by atoms with Crippen LogP contribution in [-0.2, 0) is 4.74 Å². The number of anilines is 1. The van der Waals surface area contributed by atoms with Crippen LogP contribution in [-0.4, -0.2) is 28.7 Å². The van der Waals surface area contributed by atoms with Gasteiger partial charge < -0.3 is 9.72 Å². The van der Waals surface area contributed by atoms with E-state index in [1.165, 1.54) is 11.0 Å². The molecule has 1 amide bonds. The maximum atomic E-state index is 14.7. The number of rotatable bonds is 3. The van der Waals surface area contributed by atoms with Crippen LogP contribution >= 0.6 is 0 Å². The Morgan fingerprint density at radius 1 is 1.33 bits per heavy atom. The average Bonchev–Trinajstić information content (AvgIpc) is 3.20. The molecule has 0 radical (unpaired) electrons. The Morgan fingerprint density at radius 2 is 2.21 bits per heavy atom. The minimum atomic E-state index is -0.425. The summed E-state index contributed by atoms with van der Waals surface area (Å²) in [5.74, 6) is -0.381. The Hall–Kier alpha value is -2.89. The van der Waals surface area contributed by atoms with Gasteiger partial charge in [-0.1, -0.05) is 6.92 Å². The van der Waals surface area contributed by atoms with Crippen molar-refractivity contribution in [2.45, 2.75) is 19.4 Å². The molecule has 1 saturated heterocycles. The first-order valence-corrected chi connectivity index (χ1v) is 7.87. The lowest BCUT2D eigenvalue weighted by atomic mass is 10.0. The molecule has 0 unspecified atom stereocenters. The van der Waals surface area contributed by atoms with Gasteiger partial charge in [-0.3, -0.25) is 4.90 Å². The van der Waals surface area contributed by atoms with Gasteiger partial charge in [-0.05, 0) is 42.3 Å². The van der Waals surface area contributed by atoms with Gasteiger partial charge >= 0.3 is 6.09 Å². The molecule has 1 atom stereocenters. The number of carbonyl (C=O) groups excluding carboxylic acids is 1. The number of fused-ring (bicyclic) bond motifs is 1. The molecule has 4 rings (SSSR count). The van der Waals surface area contributed by atoms with Crippen LogP contribution < -0.4 is 4.90 Å². The van der Waals surface area contributed by atoms with Gasteiger partial charge in [0.15, 0.2) is 0 Å². The average molecular weight is 325 g/mol. The van der Waals surface area contributed by atoms with E-state index in [9.17, 15) is 9.18 Å². The number of nitrogens with one attached hydrogen (secondary N) is 1. The summed E-state index contributed by atoms with van der Waals surface area (Å²) in [6.45, 7) is 2.40. The highest BCUT2D eigenvalue weighted by Gasteiger charge is 2.31. The van der Waals surface area contributed by atoms with Gasteiger partial charge in [-0.25, -0.2) is 14.2 Å².